The molecule has 1 N–H and O–H groups in total. The van der Waals surface area contributed by atoms with E-state index in [9.17, 15) is 14.4 Å². The molecule has 1 aromatic heterocycles. The summed E-state index contributed by atoms with van der Waals surface area (Å²) >= 11 is 0. The van der Waals surface area contributed by atoms with Crippen molar-refractivity contribution in [3.8, 4) is 0 Å². The molecule has 116 valence electrons. The van der Waals surface area contributed by atoms with Crippen molar-refractivity contribution in [1.29, 1.82) is 0 Å². The quantitative estimate of drug-likeness (QED) is 0.713. The number of amides is 2. The molecule has 0 aliphatic carbocycles. The van der Waals surface area contributed by atoms with E-state index in [-0.39, 0.29) is 30.6 Å². The summed E-state index contributed by atoms with van der Waals surface area (Å²) in [6, 6.07) is 0. The lowest BCUT2D eigenvalue weighted by atomic mass is 10.3. The Morgan fingerprint density at radius 1 is 1.29 bits per heavy atom. The highest BCUT2D eigenvalue weighted by Crippen LogP contribution is 1.99. The largest absolute Gasteiger partial charge is 0.476 e. The van der Waals surface area contributed by atoms with Crippen LogP contribution in [0.1, 0.15) is 23.8 Å². The van der Waals surface area contributed by atoms with Gasteiger partial charge in [0.1, 0.15) is 6.54 Å². The lowest BCUT2D eigenvalue weighted by Gasteiger charge is -2.23. The molecule has 0 aromatic carbocycles. The molecular formula is C12H19N5O4. The fraction of sp³-hybridized carbons (Fsp3) is 0.583. The van der Waals surface area contributed by atoms with Crippen LogP contribution in [0.2, 0.25) is 0 Å². The van der Waals surface area contributed by atoms with Crippen LogP contribution in [0.3, 0.4) is 0 Å². The van der Waals surface area contributed by atoms with Crippen molar-refractivity contribution in [2.75, 3.05) is 27.2 Å². The van der Waals surface area contributed by atoms with E-state index in [0.717, 1.165) is 4.68 Å². The molecule has 1 rings (SSSR count). The van der Waals surface area contributed by atoms with E-state index in [0.29, 0.717) is 13.0 Å². The Balaban J connectivity index is 2.71. The van der Waals surface area contributed by atoms with Gasteiger partial charge >= 0.3 is 5.97 Å². The molecule has 1 aromatic rings. The molecule has 0 atom stereocenters. The van der Waals surface area contributed by atoms with Crippen LogP contribution in [-0.4, -0.2) is 74.9 Å². The van der Waals surface area contributed by atoms with E-state index in [2.05, 4.69) is 10.3 Å². The Kier molecular flexibility index (Phi) is 5.82. The van der Waals surface area contributed by atoms with Crippen LogP contribution in [-0.2, 0) is 16.1 Å². The standard InChI is InChI=1S/C12H19N5O4/c1-4-5-16(7-10(18)15(2)3)11(19)8-17-6-9(12(20)21)13-14-17/h6H,4-5,7-8H2,1-3H3,(H,20,21). The third kappa shape index (κ3) is 4.86. The minimum Gasteiger partial charge on any atom is -0.476 e. The lowest BCUT2D eigenvalue weighted by molar-refractivity contribution is -0.139. The molecule has 9 nitrogen and oxygen atoms in total. The number of nitrogens with zero attached hydrogens (tertiary/aromatic N) is 5. The molecule has 0 aliphatic heterocycles. The Bertz CT molecular complexity index is 525. The Labute approximate surface area is 122 Å². The first-order valence-corrected chi connectivity index (χ1v) is 6.46. The van der Waals surface area contributed by atoms with E-state index < -0.39 is 5.97 Å². The van der Waals surface area contributed by atoms with Gasteiger partial charge in [0, 0.05) is 20.6 Å². The zero-order valence-electron chi connectivity index (χ0n) is 12.3. The number of carbonyl (C=O) groups is 3. The number of carbonyl (C=O) groups excluding carboxylic acids is 2. The van der Waals surface area contributed by atoms with Crippen molar-refractivity contribution < 1.29 is 19.5 Å². The highest BCUT2D eigenvalue weighted by atomic mass is 16.4. The van der Waals surface area contributed by atoms with Crippen LogP contribution in [0.15, 0.2) is 6.20 Å². The van der Waals surface area contributed by atoms with Crippen LogP contribution in [0.25, 0.3) is 0 Å². The average Bonchev–Trinajstić information content (AvgIpc) is 2.86. The van der Waals surface area contributed by atoms with Gasteiger partial charge in [-0.1, -0.05) is 12.1 Å². The van der Waals surface area contributed by atoms with Gasteiger partial charge in [0.05, 0.1) is 12.7 Å². The van der Waals surface area contributed by atoms with Crippen LogP contribution < -0.4 is 0 Å². The maximum atomic E-state index is 12.2. The van der Waals surface area contributed by atoms with E-state index in [1.54, 1.807) is 14.1 Å². The first kappa shape index (κ1) is 16.6. The molecule has 0 saturated carbocycles. The molecule has 0 aliphatic rings. The van der Waals surface area contributed by atoms with Crippen LogP contribution in [0, 0.1) is 0 Å². The van der Waals surface area contributed by atoms with Gasteiger partial charge in [-0.05, 0) is 6.42 Å². The summed E-state index contributed by atoms with van der Waals surface area (Å²) in [7, 11) is 3.24. The summed E-state index contributed by atoms with van der Waals surface area (Å²) in [5, 5.41) is 15.8. The fourth-order valence-electron chi connectivity index (χ4n) is 1.58. The lowest BCUT2D eigenvalue weighted by Crippen LogP contribution is -2.42. The Hall–Kier alpha value is -2.45. The number of carboxylic acid groups (broad SMARTS) is 1. The number of aromatic carboxylic acids is 1. The predicted molar refractivity (Wildman–Crippen MR) is 72.5 cm³/mol. The van der Waals surface area contributed by atoms with Gasteiger partial charge < -0.3 is 14.9 Å². The maximum absolute atomic E-state index is 12.2. The summed E-state index contributed by atoms with van der Waals surface area (Å²) < 4.78 is 1.15. The molecular weight excluding hydrogens is 278 g/mol. The number of likely N-dealkylation sites (N-methyl/N-ethyl adjacent to an activating group) is 1. The molecule has 1 heterocycles. The predicted octanol–water partition coefficient (Wildman–Crippen LogP) is -0.697. The number of hydrogen-bond donors (Lipinski definition) is 1. The van der Waals surface area contributed by atoms with Crippen LogP contribution in [0.5, 0.6) is 0 Å². The van der Waals surface area contributed by atoms with E-state index >= 15 is 0 Å². The molecule has 0 saturated heterocycles. The smallest absolute Gasteiger partial charge is 0.358 e. The van der Waals surface area contributed by atoms with Gasteiger partial charge in [-0.25, -0.2) is 9.48 Å². The van der Waals surface area contributed by atoms with Gasteiger partial charge in [0.2, 0.25) is 11.8 Å². The van der Waals surface area contributed by atoms with Crippen molar-refractivity contribution in [3.05, 3.63) is 11.9 Å². The molecule has 0 spiro atoms. The second-order valence-electron chi connectivity index (χ2n) is 4.71. The molecule has 9 heteroatoms. The molecule has 0 fully saturated rings. The first-order chi connectivity index (χ1) is 9.85. The second kappa shape index (κ2) is 7.36. The van der Waals surface area contributed by atoms with E-state index in [4.69, 9.17) is 5.11 Å². The molecule has 0 unspecified atom stereocenters. The molecule has 2 amide bonds. The second-order valence-corrected chi connectivity index (χ2v) is 4.71. The normalized spacial score (nSPS) is 10.2. The van der Waals surface area contributed by atoms with E-state index in [1.807, 2.05) is 6.92 Å². The minimum atomic E-state index is -1.21. The molecule has 0 radical (unpaired) electrons. The van der Waals surface area contributed by atoms with Gasteiger partial charge in [-0.2, -0.15) is 0 Å². The van der Waals surface area contributed by atoms with Crippen molar-refractivity contribution >= 4 is 17.8 Å². The summed E-state index contributed by atoms with van der Waals surface area (Å²) in [6.07, 6.45) is 1.89. The Morgan fingerprint density at radius 3 is 2.43 bits per heavy atom. The monoisotopic (exact) mass is 297 g/mol. The number of carboxylic acids is 1. The molecule has 0 bridgehead atoms. The Morgan fingerprint density at radius 2 is 1.95 bits per heavy atom. The zero-order chi connectivity index (χ0) is 16.0. The summed E-state index contributed by atoms with van der Waals surface area (Å²) in [5.74, 6) is -1.70. The third-order valence-electron chi connectivity index (χ3n) is 2.73. The highest BCUT2D eigenvalue weighted by Gasteiger charge is 2.19. The van der Waals surface area contributed by atoms with Gasteiger partial charge in [-0.3, -0.25) is 9.59 Å². The average molecular weight is 297 g/mol. The van der Waals surface area contributed by atoms with Crippen molar-refractivity contribution in [2.45, 2.75) is 19.9 Å². The van der Waals surface area contributed by atoms with Crippen LogP contribution >= 0.6 is 0 Å². The number of aromatic nitrogens is 3. The third-order valence-corrected chi connectivity index (χ3v) is 2.73. The van der Waals surface area contributed by atoms with Crippen LogP contribution in [0.4, 0.5) is 0 Å². The van der Waals surface area contributed by atoms with E-state index in [1.165, 1.54) is 16.0 Å². The fourth-order valence-corrected chi connectivity index (χ4v) is 1.58. The van der Waals surface area contributed by atoms with Gasteiger partial charge in [-0.15, -0.1) is 5.10 Å². The van der Waals surface area contributed by atoms with Crippen molar-refractivity contribution in [3.63, 3.8) is 0 Å². The molecule has 21 heavy (non-hydrogen) atoms. The highest BCUT2D eigenvalue weighted by molar-refractivity contribution is 5.85. The van der Waals surface area contributed by atoms with Crippen molar-refractivity contribution in [1.82, 2.24) is 24.8 Å². The maximum Gasteiger partial charge on any atom is 0.358 e. The topological polar surface area (TPSA) is 109 Å². The SMILES string of the molecule is CCCN(CC(=O)N(C)C)C(=O)Cn1cc(C(=O)O)nn1. The summed E-state index contributed by atoms with van der Waals surface area (Å²) in [4.78, 5) is 37.4. The number of rotatable bonds is 7. The van der Waals surface area contributed by atoms with Gasteiger partial charge in [0.25, 0.3) is 0 Å². The minimum absolute atomic E-state index is 0.0137. The summed E-state index contributed by atoms with van der Waals surface area (Å²) in [6.45, 7) is 2.18. The van der Waals surface area contributed by atoms with Gasteiger partial charge in [0.15, 0.2) is 5.69 Å². The number of hydrogen-bond acceptors (Lipinski definition) is 5. The first-order valence-electron chi connectivity index (χ1n) is 6.46. The van der Waals surface area contributed by atoms with Crippen molar-refractivity contribution in [2.24, 2.45) is 0 Å². The summed E-state index contributed by atoms with van der Waals surface area (Å²) in [5.41, 5.74) is -0.228. The zero-order valence-corrected chi connectivity index (χ0v) is 12.3.